The largest absolute Gasteiger partial charge is 0.469 e. The van der Waals surface area contributed by atoms with Crippen LogP contribution < -0.4 is 10.2 Å². The van der Waals surface area contributed by atoms with E-state index in [2.05, 4.69) is 44.7 Å². The van der Waals surface area contributed by atoms with Crippen molar-refractivity contribution in [2.75, 3.05) is 31.3 Å². The standard InChI is InChI=1S/C20H25N5O2S/c1-13-17(9-10-26-13)18-22-23-20(25(18)4)28-12-16-11-21-19(27-16)14-5-7-15(8-6-14)24(2)3/h5-10,16,19,21H,11-12H2,1-4H3/t16-,19+/m1/s1. The molecule has 3 heterocycles. The van der Waals surface area contributed by atoms with Crippen LogP contribution >= 0.6 is 11.8 Å². The summed E-state index contributed by atoms with van der Waals surface area (Å²) in [6, 6.07) is 10.4. The lowest BCUT2D eigenvalue weighted by molar-refractivity contribution is 0.0534. The van der Waals surface area contributed by atoms with Crippen LogP contribution in [-0.4, -0.2) is 47.3 Å². The first-order valence-corrected chi connectivity index (χ1v) is 10.2. The predicted molar refractivity (Wildman–Crippen MR) is 111 cm³/mol. The Kier molecular flexibility index (Phi) is 5.43. The summed E-state index contributed by atoms with van der Waals surface area (Å²) in [5.74, 6) is 2.48. The highest BCUT2D eigenvalue weighted by molar-refractivity contribution is 7.99. The van der Waals surface area contributed by atoms with Crippen molar-refractivity contribution < 1.29 is 9.15 Å². The molecule has 3 aromatic rings. The average molecular weight is 400 g/mol. The highest BCUT2D eigenvalue weighted by atomic mass is 32.2. The van der Waals surface area contributed by atoms with Gasteiger partial charge in [0.15, 0.2) is 11.0 Å². The number of thioether (sulfide) groups is 1. The monoisotopic (exact) mass is 399 g/mol. The summed E-state index contributed by atoms with van der Waals surface area (Å²) in [5, 5.41) is 13.0. The number of benzene rings is 1. The van der Waals surface area contributed by atoms with Gasteiger partial charge < -0.3 is 18.6 Å². The van der Waals surface area contributed by atoms with E-state index in [0.29, 0.717) is 0 Å². The molecule has 0 spiro atoms. The van der Waals surface area contributed by atoms with Crippen molar-refractivity contribution in [3.8, 4) is 11.4 Å². The molecule has 0 aliphatic carbocycles. The van der Waals surface area contributed by atoms with Crippen LogP contribution in [0.5, 0.6) is 0 Å². The Bertz CT molecular complexity index is 934. The zero-order valence-corrected chi connectivity index (χ0v) is 17.4. The molecule has 1 saturated heterocycles. The van der Waals surface area contributed by atoms with Gasteiger partial charge in [0.05, 0.1) is 17.9 Å². The van der Waals surface area contributed by atoms with Crippen molar-refractivity contribution in [2.24, 2.45) is 7.05 Å². The van der Waals surface area contributed by atoms with Gasteiger partial charge in [-0.2, -0.15) is 0 Å². The smallest absolute Gasteiger partial charge is 0.191 e. The molecule has 7 nitrogen and oxygen atoms in total. The molecule has 1 aromatic carbocycles. The lowest BCUT2D eigenvalue weighted by Gasteiger charge is -2.16. The number of anilines is 1. The zero-order valence-electron chi connectivity index (χ0n) is 16.5. The molecule has 4 rings (SSSR count). The van der Waals surface area contributed by atoms with E-state index in [1.165, 1.54) is 5.69 Å². The van der Waals surface area contributed by atoms with E-state index in [1.807, 2.05) is 38.7 Å². The number of furan rings is 1. The molecule has 28 heavy (non-hydrogen) atoms. The van der Waals surface area contributed by atoms with Crippen LogP contribution in [0, 0.1) is 6.92 Å². The summed E-state index contributed by atoms with van der Waals surface area (Å²) in [5.41, 5.74) is 3.30. The number of rotatable bonds is 6. The summed E-state index contributed by atoms with van der Waals surface area (Å²) in [6.07, 6.45) is 1.74. The summed E-state index contributed by atoms with van der Waals surface area (Å²) in [7, 11) is 6.06. The van der Waals surface area contributed by atoms with Crippen molar-refractivity contribution in [2.45, 2.75) is 24.4 Å². The second-order valence-corrected chi connectivity index (χ2v) is 8.09. The minimum Gasteiger partial charge on any atom is -0.469 e. The van der Waals surface area contributed by atoms with Crippen LogP contribution in [0.25, 0.3) is 11.4 Å². The molecule has 1 aliphatic rings. The molecule has 0 saturated carbocycles. The van der Waals surface area contributed by atoms with Crippen LogP contribution in [0.4, 0.5) is 5.69 Å². The molecular weight excluding hydrogens is 374 g/mol. The van der Waals surface area contributed by atoms with Gasteiger partial charge in [0.1, 0.15) is 12.0 Å². The van der Waals surface area contributed by atoms with Crippen LogP contribution in [-0.2, 0) is 11.8 Å². The van der Waals surface area contributed by atoms with Crippen molar-refractivity contribution in [3.63, 3.8) is 0 Å². The van der Waals surface area contributed by atoms with Crippen molar-refractivity contribution in [1.29, 1.82) is 0 Å². The predicted octanol–water partition coefficient (Wildman–Crippen LogP) is 3.23. The fourth-order valence-electron chi connectivity index (χ4n) is 3.23. The first-order valence-electron chi connectivity index (χ1n) is 9.25. The van der Waals surface area contributed by atoms with Gasteiger partial charge in [0.2, 0.25) is 0 Å². The van der Waals surface area contributed by atoms with E-state index in [1.54, 1.807) is 18.0 Å². The number of ether oxygens (including phenoxy) is 1. The third-order valence-electron chi connectivity index (χ3n) is 4.90. The maximum absolute atomic E-state index is 6.19. The summed E-state index contributed by atoms with van der Waals surface area (Å²) in [4.78, 5) is 2.09. The summed E-state index contributed by atoms with van der Waals surface area (Å²) < 4.78 is 13.6. The van der Waals surface area contributed by atoms with Gasteiger partial charge in [-0.05, 0) is 30.7 Å². The maximum atomic E-state index is 6.19. The topological polar surface area (TPSA) is 68.3 Å². The Morgan fingerprint density at radius 2 is 2.00 bits per heavy atom. The lowest BCUT2D eigenvalue weighted by Crippen LogP contribution is -2.17. The number of aromatic nitrogens is 3. The van der Waals surface area contributed by atoms with E-state index in [9.17, 15) is 0 Å². The second-order valence-electron chi connectivity index (χ2n) is 7.10. The van der Waals surface area contributed by atoms with Crippen LogP contribution in [0.2, 0.25) is 0 Å². The molecule has 1 N–H and O–H groups in total. The molecule has 0 amide bonds. The normalized spacial score (nSPS) is 19.3. The summed E-state index contributed by atoms with van der Waals surface area (Å²) in [6.45, 7) is 2.75. The third-order valence-corrected chi connectivity index (χ3v) is 6.06. The van der Waals surface area contributed by atoms with Gasteiger partial charge in [0.25, 0.3) is 0 Å². The second kappa shape index (κ2) is 7.98. The quantitative estimate of drug-likeness (QED) is 0.638. The molecule has 0 bridgehead atoms. The van der Waals surface area contributed by atoms with Crippen molar-refractivity contribution in [1.82, 2.24) is 20.1 Å². The van der Waals surface area contributed by atoms with Gasteiger partial charge in [-0.25, -0.2) is 0 Å². The Balaban J connectivity index is 1.35. The first-order chi connectivity index (χ1) is 13.5. The average Bonchev–Trinajstić information content (AvgIpc) is 3.41. The Labute approximate surface area is 169 Å². The molecule has 0 unspecified atom stereocenters. The molecule has 2 aromatic heterocycles. The van der Waals surface area contributed by atoms with Gasteiger partial charge >= 0.3 is 0 Å². The SMILES string of the molecule is Cc1occc1-c1nnc(SC[C@H]2CN[C@H](c3ccc(N(C)C)cc3)O2)n1C. The Hall–Kier alpha value is -2.29. The number of nitrogens with one attached hydrogen (secondary N) is 1. The van der Waals surface area contributed by atoms with E-state index in [4.69, 9.17) is 9.15 Å². The van der Waals surface area contributed by atoms with Crippen molar-refractivity contribution in [3.05, 3.63) is 47.9 Å². The first kappa shape index (κ1) is 19.0. The molecule has 0 radical (unpaired) electrons. The fourth-order valence-corrected chi connectivity index (χ4v) is 4.14. The molecule has 1 aliphatic heterocycles. The molecule has 8 heteroatoms. The van der Waals surface area contributed by atoms with Crippen LogP contribution in [0.15, 0.2) is 46.2 Å². The van der Waals surface area contributed by atoms with E-state index >= 15 is 0 Å². The van der Waals surface area contributed by atoms with E-state index in [0.717, 1.165) is 40.2 Å². The number of nitrogens with zero attached hydrogens (tertiary/aromatic N) is 4. The summed E-state index contributed by atoms with van der Waals surface area (Å²) >= 11 is 1.66. The highest BCUT2D eigenvalue weighted by Gasteiger charge is 2.26. The highest BCUT2D eigenvalue weighted by Crippen LogP contribution is 2.29. The minimum atomic E-state index is -0.0644. The molecule has 148 valence electrons. The molecular formula is C20H25N5O2S. The number of hydrogen-bond acceptors (Lipinski definition) is 7. The zero-order chi connectivity index (χ0) is 19.7. The minimum absolute atomic E-state index is 0.0644. The molecule has 1 fully saturated rings. The van der Waals surface area contributed by atoms with Gasteiger partial charge in [0, 0.05) is 39.1 Å². The Morgan fingerprint density at radius 1 is 1.21 bits per heavy atom. The van der Waals surface area contributed by atoms with Gasteiger partial charge in [-0.15, -0.1) is 10.2 Å². The van der Waals surface area contributed by atoms with Crippen LogP contribution in [0.3, 0.4) is 0 Å². The van der Waals surface area contributed by atoms with Crippen molar-refractivity contribution >= 4 is 17.4 Å². The fraction of sp³-hybridized carbons (Fsp3) is 0.400. The number of hydrogen-bond donors (Lipinski definition) is 1. The lowest BCUT2D eigenvalue weighted by atomic mass is 10.2. The number of aryl methyl sites for hydroxylation is 1. The maximum Gasteiger partial charge on any atom is 0.191 e. The van der Waals surface area contributed by atoms with Crippen LogP contribution in [0.1, 0.15) is 17.6 Å². The van der Waals surface area contributed by atoms with E-state index in [-0.39, 0.29) is 12.3 Å². The van der Waals surface area contributed by atoms with Gasteiger partial charge in [-0.1, -0.05) is 23.9 Å². The van der Waals surface area contributed by atoms with E-state index < -0.39 is 0 Å². The Morgan fingerprint density at radius 3 is 2.68 bits per heavy atom. The third kappa shape index (κ3) is 3.80. The van der Waals surface area contributed by atoms with Gasteiger partial charge in [-0.3, -0.25) is 5.32 Å². The molecule has 2 atom stereocenters.